The van der Waals surface area contributed by atoms with E-state index in [1.807, 2.05) is 36.6 Å². The summed E-state index contributed by atoms with van der Waals surface area (Å²) in [6.07, 6.45) is 7.04. The number of thiophene rings is 1. The average Bonchev–Trinajstić information content (AvgIpc) is 3.20. The van der Waals surface area contributed by atoms with Crippen LogP contribution in [0.5, 0.6) is 0 Å². The van der Waals surface area contributed by atoms with E-state index in [4.69, 9.17) is 9.72 Å². The van der Waals surface area contributed by atoms with E-state index in [9.17, 15) is 9.59 Å². The van der Waals surface area contributed by atoms with E-state index in [0.29, 0.717) is 21.9 Å². The van der Waals surface area contributed by atoms with E-state index in [0.717, 1.165) is 36.8 Å². The second kappa shape index (κ2) is 9.83. The SMILES string of the molecule is C=CCn1c(SCC(=O)OC2CCCCC2)nc2scc(-c3ccc(C)cc3)c2c1=O. The van der Waals surface area contributed by atoms with Crippen molar-refractivity contribution in [2.75, 3.05) is 5.75 Å². The molecule has 0 N–H and O–H groups in total. The number of hydrogen-bond acceptors (Lipinski definition) is 6. The zero-order valence-corrected chi connectivity index (χ0v) is 19.3. The van der Waals surface area contributed by atoms with E-state index in [1.165, 1.54) is 35.1 Å². The van der Waals surface area contributed by atoms with Crippen molar-refractivity contribution < 1.29 is 9.53 Å². The minimum absolute atomic E-state index is 0.0296. The van der Waals surface area contributed by atoms with Gasteiger partial charge >= 0.3 is 5.97 Å². The van der Waals surface area contributed by atoms with Gasteiger partial charge in [-0.15, -0.1) is 17.9 Å². The van der Waals surface area contributed by atoms with Crippen LogP contribution in [0.4, 0.5) is 0 Å². The molecule has 2 heterocycles. The molecule has 1 aliphatic rings. The van der Waals surface area contributed by atoms with Gasteiger partial charge in [0.2, 0.25) is 0 Å². The van der Waals surface area contributed by atoms with Gasteiger partial charge in [-0.05, 0) is 38.2 Å². The van der Waals surface area contributed by atoms with Gasteiger partial charge in [0.25, 0.3) is 5.56 Å². The molecule has 1 saturated carbocycles. The second-order valence-electron chi connectivity index (χ2n) is 7.83. The summed E-state index contributed by atoms with van der Waals surface area (Å²) in [6, 6.07) is 8.13. The number of carbonyl (C=O) groups excluding carboxylic acids is 1. The first-order chi connectivity index (χ1) is 15.1. The third kappa shape index (κ3) is 4.93. The Morgan fingerprint density at radius 2 is 2.03 bits per heavy atom. The van der Waals surface area contributed by atoms with Crippen molar-refractivity contribution in [3.8, 4) is 11.1 Å². The molecule has 1 aliphatic carbocycles. The fourth-order valence-electron chi connectivity index (χ4n) is 3.88. The number of esters is 1. The number of allylic oxidation sites excluding steroid dienone is 1. The van der Waals surface area contributed by atoms with Crippen molar-refractivity contribution in [1.82, 2.24) is 9.55 Å². The summed E-state index contributed by atoms with van der Waals surface area (Å²) in [5.41, 5.74) is 2.95. The zero-order valence-electron chi connectivity index (χ0n) is 17.6. The summed E-state index contributed by atoms with van der Waals surface area (Å²) in [4.78, 5) is 31.1. The lowest BCUT2D eigenvalue weighted by atomic mass is 9.98. The molecule has 0 amide bonds. The molecular weight excluding hydrogens is 428 g/mol. The number of nitrogens with zero attached hydrogens (tertiary/aromatic N) is 2. The first-order valence-electron chi connectivity index (χ1n) is 10.6. The van der Waals surface area contributed by atoms with Gasteiger partial charge in [0.05, 0.1) is 11.1 Å². The number of ether oxygens (including phenoxy) is 1. The Balaban J connectivity index is 1.60. The highest BCUT2D eigenvalue weighted by Crippen LogP contribution is 2.32. The normalized spacial score (nSPS) is 14.6. The van der Waals surface area contributed by atoms with Crippen molar-refractivity contribution in [1.29, 1.82) is 0 Å². The minimum Gasteiger partial charge on any atom is -0.462 e. The Bertz CT molecular complexity index is 1140. The average molecular weight is 455 g/mol. The molecule has 0 unspecified atom stereocenters. The fourth-order valence-corrected chi connectivity index (χ4v) is 5.66. The molecule has 0 aliphatic heterocycles. The molecule has 5 nitrogen and oxygen atoms in total. The molecule has 0 bridgehead atoms. The monoisotopic (exact) mass is 454 g/mol. The summed E-state index contributed by atoms with van der Waals surface area (Å²) in [6.45, 7) is 6.16. The first-order valence-corrected chi connectivity index (χ1v) is 12.5. The summed E-state index contributed by atoms with van der Waals surface area (Å²) in [5.74, 6) is -0.107. The first kappa shape index (κ1) is 21.8. The molecule has 7 heteroatoms. The van der Waals surface area contributed by atoms with Crippen LogP contribution in [0.3, 0.4) is 0 Å². The van der Waals surface area contributed by atoms with Gasteiger partial charge in [0, 0.05) is 17.5 Å². The van der Waals surface area contributed by atoms with Crippen LogP contribution < -0.4 is 5.56 Å². The lowest BCUT2D eigenvalue weighted by Gasteiger charge is -2.21. The molecular formula is C24H26N2O3S2. The molecule has 31 heavy (non-hydrogen) atoms. The van der Waals surface area contributed by atoms with Crippen LogP contribution in [-0.4, -0.2) is 27.4 Å². The van der Waals surface area contributed by atoms with Crippen LogP contribution in [0.2, 0.25) is 0 Å². The number of carbonyl (C=O) groups is 1. The minimum atomic E-state index is -0.247. The molecule has 4 rings (SSSR count). The molecule has 2 aromatic heterocycles. The van der Waals surface area contributed by atoms with Crippen LogP contribution in [0, 0.1) is 6.92 Å². The molecule has 162 valence electrons. The number of benzene rings is 1. The summed E-state index contributed by atoms with van der Waals surface area (Å²) in [7, 11) is 0. The van der Waals surface area contributed by atoms with Gasteiger partial charge < -0.3 is 4.74 Å². The Kier molecular flexibility index (Phi) is 6.92. The maximum atomic E-state index is 13.4. The predicted octanol–water partition coefficient (Wildman–Crippen LogP) is 5.59. The number of thioether (sulfide) groups is 1. The molecule has 0 saturated heterocycles. The van der Waals surface area contributed by atoms with Crippen LogP contribution in [0.25, 0.3) is 21.3 Å². The number of hydrogen-bond donors (Lipinski definition) is 0. The molecule has 3 aromatic rings. The van der Waals surface area contributed by atoms with Gasteiger partial charge in [-0.25, -0.2) is 4.98 Å². The van der Waals surface area contributed by atoms with E-state index in [1.54, 1.807) is 10.6 Å². The maximum Gasteiger partial charge on any atom is 0.316 e. The van der Waals surface area contributed by atoms with Crippen LogP contribution >= 0.6 is 23.1 Å². The highest BCUT2D eigenvalue weighted by atomic mass is 32.2. The zero-order chi connectivity index (χ0) is 21.8. The molecule has 0 radical (unpaired) electrons. The van der Waals surface area contributed by atoms with E-state index in [2.05, 4.69) is 6.58 Å². The van der Waals surface area contributed by atoms with Crippen LogP contribution in [0.1, 0.15) is 37.7 Å². The summed E-state index contributed by atoms with van der Waals surface area (Å²) in [5, 5.41) is 3.12. The molecule has 1 fully saturated rings. The summed E-state index contributed by atoms with van der Waals surface area (Å²) < 4.78 is 7.21. The maximum absolute atomic E-state index is 13.4. The van der Waals surface area contributed by atoms with Crippen molar-refractivity contribution in [3.05, 3.63) is 58.2 Å². The predicted molar refractivity (Wildman–Crippen MR) is 128 cm³/mol. The van der Waals surface area contributed by atoms with Crippen LogP contribution in [-0.2, 0) is 16.1 Å². The quantitative estimate of drug-likeness (QED) is 0.202. The van der Waals surface area contributed by atoms with E-state index < -0.39 is 0 Å². The highest BCUT2D eigenvalue weighted by Gasteiger charge is 2.20. The van der Waals surface area contributed by atoms with Gasteiger partial charge in [0.1, 0.15) is 10.9 Å². The third-order valence-electron chi connectivity index (χ3n) is 5.50. The third-order valence-corrected chi connectivity index (χ3v) is 7.32. The Morgan fingerprint density at radius 3 is 2.74 bits per heavy atom. The number of aryl methyl sites for hydroxylation is 1. The van der Waals surface area contributed by atoms with Crippen molar-refractivity contribution >= 4 is 39.3 Å². The topological polar surface area (TPSA) is 61.2 Å². The number of rotatable bonds is 7. The largest absolute Gasteiger partial charge is 0.462 e. The molecule has 1 aromatic carbocycles. The van der Waals surface area contributed by atoms with E-state index >= 15 is 0 Å². The Hall–Kier alpha value is -2.38. The highest BCUT2D eigenvalue weighted by molar-refractivity contribution is 7.99. The van der Waals surface area contributed by atoms with Crippen LogP contribution in [0.15, 0.2) is 52.3 Å². The van der Waals surface area contributed by atoms with Gasteiger partial charge in [-0.1, -0.05) is 54.1 Å². The van der Waals surface area contributed by atoms with Crippen molar-refractivity contribution in [2.45, 2.75) is 56.8 Å². The van der Waals surface area contributed by atoms with Gasteiger partial charge in [-0.3, -0.25) is 14.2 Å². The van der Waals surface area contributed by atoms with Gasteiger partial charge in [-0.2, -0.15) is 0 Å². The standard InChI is InChI=1S/C24H26N2O3S2/c1-3-13-26-23(28)21-19(17-11-9-16(2)10-12-17)14-30-22(21)25-24(26)31-15-20(27)29-18-7-5-4-6-8-18/h3,9-12,14,18H,1,4-8,13,15H2,2H3. The smallest absolute Gasteiger partial charge is 0.316 e. The second-order valence-corrected chi connectivity index (χ2v) is 9.63. The van der Waals surface area contributed by atoms with Gasteiger partial charge in [0.15, 0.2) is 5.16 Å². The summed E-state index contributed by atoms with van der Waals surface area (Å²) >= 11 is 2.71. The lowest BCUT2D eigenvalue weighted by Crippen LogP contribution is -2.24. The molecule has 0 atom stereocenters. The fraction of sp³-hybridized carbons (Fsp3) is 0.375. The van der Waals surface area contributed by atoms with Crippen molar-refractivity contribution in [2.24, 2.45) is 0 Å². The van der Waals surface area contributed by atoms with Crippen molar-refractivity contribution in [3.63, 3.8) is 0 Å². The van der Waals surface area contributed by atoms with E-state index in [-0.39, 0.29) is 23.4 Å². The molecule has 0 spiro atoms. The number of aromatic nitrogens is 2. The Morgan fingerprint density at radius 1 is 1.29 bits per heavy atom. The lowest BCUT2D eigenvalue weighted by molar-refractivity contribution is -0.147. The Labute approximate surface area is 190 Å². The number of fused-ring (bicyclic) bond motifs is 1.